The van der Waals surface area contributed by atoms with Gasteiger partial charge in [-0.1, -0.05) is 26.0 Å². The SMILES string of the molecule is CC(C)C(=O)NC1CCN(C[C@@H](O)c2ccc(F)cc2)CC1. The summed E-state index contributed by atoms with van der Waals surface area (Å²) in [4.78, 5) is 13.9. The maximum atomic E-state index is 12.9. The summed E-state index contributed by atoms with van der Waals surface area (Å²) in [7, 11) is 0. The Kier molecular flexibility index (Phi) is 5.91. The number of likely N-dealkylation sites (tertiary alicyclic amines) is 1. The van der Waals surface area contributed by atoms with Crippen molar-refractivity contribution in [3.05, 3.63) is 35.6 Å². The first-order valence-corrected chi connectivity index (χ1v) is 7.92. The van der Waals surface area contributed by atoms with Crippen LogP contribution in [0.2, 0.25) is 0 Å². The average Bonchev–Trinajstić information content (AvgIpc) is 2.49. The lowest BCUT2D eigenvalue weighted by atomic mass is 10.0. The minimum atomic E-state index is -0.609. The topological polar surface area (TPSA) is 52.6 Å². The molecule has 1 heterocycles. The van der Waals surface area contributed by atoms with Crippen LogP contribution in [0.15, 0.2) is 24.3 Å². The number of carbonyl (C=O) groups excluding carboxylic acids is 1. The lowest BCUT2D eigenvalue weighted by Crippen LogP contribution is -2.46. The summed E-state index contributed by atoms with van der Waals surface area (Å²) in [6.07, 6.45) is 1.19. The predicted molar refractivity (Wildman–Crippen MR) is 83.8 cm³/mol. The molecule has 0 radical (unpaired) electrons. The van der Waals surface area contributed by atoms with Gasteiger partial charge in [-0.3, -0.25) is 4.79 Å². The second-order valence-electron chi connectivity index (χ2n) is 6.31. The molecule has 22 heavy (non-hydrogen) atoms. The number of hydrogen-bond donors (Lipinski definition) is 2. The number of nitrogens with one attached hydrogen (secondary N) is 1. The van der Waals surface area contributed by atoms with E-state index in [-0.39, 0.29) is 23.7 Å². The van der Waals surface area contributed by atoms with Gasteiger partial charge in [0.1, 0.15) is 5.82 Å². The number of rotatable bonds is 5. The first-order chi connectivity index (χ1) is 10.5. The molecular formula is C17H25FN2O2. The minimum Gasteiger partial charge on any atom is -0.387 e. The number of benzene rings is 1. The first-order valence-electron chi connectivity index (χ1n) is 7.92. The highest BCUT2D eigenvalue weighted by atomic mass is 19.1. The fourth-order valence-electron chi connectivity index (χ4n) is 2.66. The van der Waals surface area contributed by atoms with Crippen LogP contribution in [-0.4, -0.2) is 41.6 Å². The molecule has 2 N–H and O–H groups in total. The Morgan fingerprint density at radius 1 is 1.32 bits per heavy atom. The number of halogens is 1. The van der Waals surface area contributed by atoms with Crippen molar-refractivity contribution in [2.75, 3.05) is 19.6 Å². The van der Waals surface area contributed by atoms with Gasteiger partial charge in [0.25, 0.3) is 0 Å². The van der Waals surface area contributed by atoms with Crippen molar-refractivity contribution in [1.82, 2.24) is 10.2 Å². The Hall–Kier alpha value is -1.46. The second kappa shape index (κ2) is 7.70. The van der Waals surface area contributed by atoms with Gasteiger partial charge in [0.15, 0.2) is 0 Å². The molecule has 0 bridgehead atoms. The van der Waals surface area contributed by atoms with Crippen LogP contribution in [0.25, 0.3) is 0 Å². The molecule has 122 valence electrons. The zero-order chi connectivity index (χ0) is 16.1. The van der Waals surface area contributed by atoms with Crippen molar-refractivity contribution in [2.45, 2.75) is 38.8 Å². The van der Waals surface area contributed by atoms with E-state index in [1.165, 1.54) is 12.1 Å². The molecule has 1 saturated heterocycles. The third-order valence-electron chi connectivity index (χ3n) is 4.14. The molecule has 1 aliphatic rings. The summed E-state index contributed by atoms with van der Waals surface area (Å²) in [5.41, 5.74) is 0.733. The summed E-state index contributed by atoms with van der Waals surface area (Å²) in [6.45, 7) is 6.02. The van der Waals surface area contributed by atoms with Crippen molar-refractivity contribution >= 4 is 5.91 Å². The summed E-state index contributed by atoms with van der Waals surface area (Å²) in [6, 6.07) is 6.21. The van der Waals surface area contributed by atoms with Crippen LogP contribution in [0.3, 0.4) is 0 Å². The molecule has 1 aliphatic heterocycles. The number of hydrogen-bond acceptors (Lipinski definition) is 3. The van der Waals surface area contributed by atoms with Crippen LogP contribution in [0.4, 0.5) is 4.39 Å². The summed E-state index contributed by atoms with van der Waals surface area (Å²) in [5, 5.41) is 13.3. The lowest BCUT2D eigenvalue weighted by molar-refractivity contribution is -0.125. The Balaban J connectivity index is 1.77. The fourth-order valence-corrected chi connectivity index (χ4v) is 2.66. The number of carbonyl (C=O) groups is 1. The summed E-state index contributed by atoms with van der Waals surface area (Å²) in [5.74, 6) is -0.180. The van der Waals surface area contributed by atoms with Crippen LogP contribution in [-0.2, 0) is 4.79 Å². The molecule has 1 aromatic carbocycles. The molecule has 0 unspecified atom stereocenters. The largest absolute Gasteiger partial charge is 0.387 e. The third kappa shape index (κ3) is 4.78. The zero-order valence-electron chi connectivity index (χ0n) is 13.3. The maximum absolute atomic E-state index is 12.9. The monoisotopic (exact) mass is 308 g/mol. The molecular weight excluding hydrogens is 283 g/mol. The zero-order valence-corrected chi connectivity index (χ0v) is 13.3. The Morgan fingerprint density at radius 3 is 2.45 bits per heavy atom. The van der Waals surface area contributed by atoms with Gasteiger partial charge >= 0.3 is 0 Å². The summed E-state index contributed by atoms with van der Waals surface area (Å²) < 4.78 is 12.9. The van der Waals surface area contributed by atoms with E-state index in [0.717, 1.165) is 31.5 Å². The van der Waals surface area contributed by atoms with Gasteiger partial charge in [0, 0.05) is 31.6 Å². The third-order valence-corrected chi connectivity index (χ3v) is 4.14. The van der Waals surface area contributed by atoms with E-state index in [9.17, 15) is 14.3 Å². The number of amides is 1. The molecule has 1 fully saturated rings. The average molecular weight is 308 g/mol. The predicted octanol–water partition coefficient (Wildman–Crippen LogP) is 2.10. The van der Waals surface area contributed by atoms with Gasteiger partial charge < -0.3 is 15.3 Å². The highest BCUT2D eigenvalue weighted by molar-refractivity contribution is 5.78. The maximum Gasteiger partial charge on any atom is 0.222 e. The van der Waals surface area contributed by atoms with Crippen molar-refractivity contribution in [2.24, 2.45) is 5.92 Å². The highest BCUT2D eigenvalue weighted by Gasteiger charge is 2.23. The van der Waals surface area contributed by atoms with Crippen LogP contribution in [0.5, 0.6) is 0 Å². The van der Waals surface area contributed by atoms with Gasteiger partial charge in [-0.05, 0) is 30.5 Å². The number of nitrogens with zero attached hydrogens (tertiary/aromatic N) is 1. The molecule has 0 saturated carbocycles. The number of aliphatic hydroxyl groups excluding tert-OH is 1. The molecule has 0 aromatic heterocycles. The number of piperidine rings is 1. The van der Waals surface area contributed by atoms with Gasteiger partial charge in [-0.25, -0.2) is 4.39 Å². The van der Waals surface area contributed by atoms with E-state index in [0.29, 0.717) is 6.54 Å². The van der Waals surface area contributed by atoms with Crippen LogP contribution in [0, 0.1) is 11.7 Å². The molecule has 1 aromatic rings. The van der Waals surface area contributed by atoms with Crippen molar-refractivity contribution in [3.63, 3.8) is 0 Å². The lowest BCUT2D eigenvalue weighted by Gasteiger charge is -2.33. The van der Waals surface area contributed by atoms with E-state index in [2.05, 4.69) is 10.2 Å². The normalized spacial score (nSPS) is 18.4. The number of aliphatic hydroxyl groups is 1. The van der Waals surface area contributed by atoms with Gasteiger partial charge in [0.05, 0.1) is 6.10 Å². The second-order valence-corrected chi connectivity index (χ2v) is 6.31. The van der Waals surface area contributed by atoms with E-state index in [1.807, 2.05) is 13.8 Å². The molecule has 0 aliphatic carbocycles. The Labute approximate surface area is 131 Å². The molecule has 2 rings (SSSR count). The Bertz CT molecular complexity index is 482. The summed E-state index contributed by atoms with van der Waals surface area (Å²) >= 11 is 0. The molecule has 5 heteroatoms. The van der Waals surface area contributed by atoms with Gasteiger partial charge in [0.2, 0.25) is 5.91 Å². The van der Waals surface area contributed by atoms with E-state index >= 15 is 0 Å². The van der Waals surface area contributed by atoms with Crippen molar-refractivity contribution in [3.8, 4) is 0 Å². The molecule has 1 atom stereocenters. The Morgan fingerprint density at radius 2 is 1.91 bits per heavy atom. The number of β-amino-alcohol motifs (C(OH)–C–C–N with tert-alkyl or cyclic N) is 1. The van der Waals surface area contributed by atoms with Gasteiger partial charge in [-0.15, -0.1) is 0 Å². The standard InChI is InChI=1S/C17H25FN2O2/c1-12(2)17(22)19-15-7-9-20(10-8-15)11-16(21)13-3-5-14(18)6-4-13/h3-6,12,15-16,21H,7-11H2,1-2H3,(H,19,22)/t16-/m1/s1. The first kappa shape index (κ1) is 16.9. The quantitative estimate of drug-likeness (QED) is 0.876. The van der Waals surface area contributed by atoms with E-state index in [1.54, 1.807) is 12.1 Å². The van der Waals surface area contributed by atoms with Crippen LogP contribution in [0.1, 0.15) is 38.4 Å². The van der Waals surface area contributed by atoms with Gasteiger partial charge in [-0.2, -0.15) is 0 Å². The van der Waals surface area contributed by atoms with Crippen molar-refractivity contribution in [1.29, 1.82) is 0 Å². The minimum absolute atomic E-state index is 0.0123. The molecule has 0 spiro atoms. The fraction of sp³-hybridized carbons (Fsp3) is 0.588. The van der Waals surface area contributed by atoms with Crippen LogP contribution < -0.4 is 5.32 Å². The molecule has 4 nitrogen and oxygen atoms in total. The van der Waals surface area contributed by atoms with Crippen molar-refractivity contribution < 1.29 is 14.3 Å². The smallest absolute Gasteiger partial charge is 0.222 e. The molecule has 1 amide bonds. The van der Waals surface area contributed by atoms with Crippen LogP contribution >= 0.6 is 0 Å². The van der Waals surface area contributed by atoms with E-state index < -0.39 is 6.10 Å². The highest BCUT2D eigenvalue weighted by Crippen LogP contribution is 2.18. The van der Waals surface area contributed by atoms with E-state index in [4.69, 9.17) is 0 Å².